The second kappa shape index (κ2) is 8.05. The number of halogens is 2. The van der Waals surface area contributed by atoms with Gasteiger partial charge >= 0.3 is 5.97 Å². The predicted molar refractivity (Wildman–Crippen MR) is 88.4 cm³/mol. The molecule has 0 aromatic heterocycles. The molecular weight excluding hydrogens is 344 g/mol. The maximum Gasteiger partial charge on any atom is 0.339 e. The topological polar surface area (TPSA) is 55.8 Å². The van der Waals surface area contributed by atoms with Crippen molar-refractivity contribution in [1.82, 2.24) is 4.90 Å². The number of hydrogen-bond donors (Lipinski definition) is 0. The summed E-state index contributed by atoms with van der Waals surface area (Å²) in [5, 5.41) is 0. The molecule has 136 valence electrons. The average Bonchev–Trinajstić information content (AvgIpc) is 2.69. The van der Waals surface area contributed by atoms with E-state index in [-0.39, 0.29) is 11.5 Å². The maximum atomic E-state index is 13.4. The van der Waals surface area contributed by atoms with Crippen LogP contribution in [-0.4, -0.2) is 43.1 Å². The zero-order chi connectivity index (χ0) is 18.5. The van der Waals surface area contributed by atoms with Crippen LogP contribution in [0.5, 0.6) is 0 Å². The number of morpholine rings is 1. The number of carbonyl (C=O) groups is 2. The minimum atomic E-state index is -1.17. The van der Waals surface area contributed by atoms with Crippen molar-refractivity contribution >= 4 is 11.9 Å². The van der Waals surface area contributed by atoms with Gasteiger partial charge in [0.1, 0.15) is 0 Å². The highest BCUT2D eigenvalue weighted by molar-refractivity contribution is 5.92. The smallest absolute Gasteiger partial charge is 0.339 e. The van der Waals surface area contributed by atoms with Crippen LogP contribution in [0.4, 0.5) is 8.78 Å². The minimum absolute atomic E-state index is 0.167. The van der Waals surface area contributed by atoms with E-state index in [2.05, 4.69) is 0 Å². The van der Waals surface area contributed by atoms with E-state index < -0.39 is 23.7 Å². The van der Waals surface area contributed by atoms with Gasteiger partial charge in [-0.1, -0.05) is 30.3 Å². The first-order chi connectivity index (χ1) is 12.6. The number of rotatable bonds is 4. The molecule has 1 amide bonds. The van der Waals surface area contributed by atoms with Crippen LogP contribution in [-0.2, 0) is 14.3 Å². The maximum absolute atomic E-state index is 13.4. The lowest BCUT2D eigenvalue weighted by molar-refractivity contribution is -0.145. The van der Waals surface area contributed by atoms with E-state index >= 15 is 0 Å². The first-order valence-corrected chi connectivity index (χ1v) is 8.14. The van der Waals surface area contributed by atoms with Crippen LogP contribution >= 0.6 is 0 Å². The summed E-state index contributed by atoms with van der Waals surface area (Å²) in [6, 6.07) is 11.3. The second-order valence-electron chi connectivity index (χ2n) is 5.76. The molecule has 0 radical (unpaired) electrons. The lowest BCUT2D eigenvalue weighted by Gasteiger charge is -2.30. The molecular formula is C19H17F2NO4. The molecule has 1 atom stereocenters. The second-order valence-corrected chi connectivity index (χ2v) is 5.76. The predicted octanol–water partition coefficient (Wildman–Crippen LogP) is 2.72. The van der Waals surface area contributed by atoms with Gasteiger partial charge in [0.2, 0.25) is 6.10 Å². The molecule has 0 unspecified atom stereocenters. The van der Waals surface area contributed by atoms with Gasteiger partial charge in [-0.05, 0) is 18.2 Å². The Morgan fingerprint density at radius 3 is 2.35 bits per heavy atom. The average molecular weight is 361 g/mol. The molecule has 0 N–H and O–H groups in total. The summed E-state index contributed by atoms with van der Waals surface area (Å²) in [4.78, 5) is 26.8. The fraction of sp³-hybridized carbons (Fsp3) is 0.263. The largest absolute Gasteiger partial charge is 0.444 e. The van der Waals surface area contributed by atoms with Crippen LogP contribution < -0.4 is 0 Å². The van der Waals surface area contributed by atoms with Gasteiger partial charge in [0.05, 0.1) is 18.8 Å². The van der Waals surface area contributed by atoms with Crippen molar-refractivity contribution in [2.24, 2.45) is 0 Å². The summed E-state index contributed by atoms with van der Waals surface area (Å²) in [7, 11) is 0. The molecule has 7 heteroatoms. The Kier molecular flexibility index (Phi) is 5.58. The van der Waals surface area contributed by atoms with Gasteiger partial charge in [0.15, 0.2) is 11.6 Å². The number of ether oxygens (including phenoxy) is 2. The highest BCUT2D eigenvalue weighted by Gasteiger charge is 2.31. The molecule has 1 fully saturated rings. The standard InChI is InChI=1S/C19H17F2NO4/c20-15-7-6-14(12-16(15)21)19(24)26-17(13-4-2-1-3-5-13)18(23)22-8-10-25-11-9-22/h1-7,12,17H,8-11H2/t17-/m0/s1. The van der Waals surface area contributed by atoms with Gasteiger partial charge in [-0.2, -0.15) is 0 Å². The van der Waals surface area contributed by atoms with Crippen molar-refractivity contribution in [3.63, 3.8) is 0 Å². The third-order valence-corrected chi connectivity index (χ3v) is 4.03. The number of hydrogen-bond acceptors (Lipinski definition) is 4. The first kappa shape index (κ1) is 18.0. The van der Waals surface area contributed by atoms with E-state index in [1.807, 2.05) is 0 Å². The monoisotopic (exact) mass is 361 g/mol. The lowest BCUT2D eigenvalue weighted by atomic mass is 10.1. The van der Waals surface area contributed by atoms with E-state index in [9.17, 15) is 18.4 Å². The molecule has 5 nitrogen and oxygen atoms in total. The Hall–Kier alpha value is -2.80. The third kappa shape index (κ3) is 4.05. The number of benzene rings is 2. The normalized spacial score (nSPS) is 15.4. The van der Waals surface area contributed by atoms with Crippen LogP contribution in [0.15, 0.2) is 48.5 Å². The molecule has 0 bridgehead atoms. The molecule has 0 aliphatic carbocycles. The summed E-state index contributed by atoms with van der Waals surface area (Å²) >= 11 is 0. The molecule has 3 rings (SSSR count). The van der Waals surface area contributed by atoms with Crippen molar-refractivity contribution in [3.8, 4) is 0 Å². The Bertz CT molecular complexity index is 791. The van der Waals surface area contributed by atoms with E-state index in [0.717, 1.165) is 18.2 Å². The van der Waals surface area contributed by atoms with Crippen molar-refractivity contribution in [2.75, 3.05) is 26.3 Å². The van der Waals surface area contributed by atoms with E-state index in [0.29, 0.717) is 31.9 Å². The Balaban J connectivity index is 1.84. The molecule has 2 aromatic rings. The first-order valence-electron chi connectivity index (χ1n) is 8.14. The number of amides is 1. The van der Waals surface area contributed by atoms with Crippen molar-refractivity contribution in [1.29, 1.82) is 0 Å². The van der Waals surface area contributed by atoms with E-state index in [1.54, 1.807) is 35.2 Å². The Labute approximate surface area is 149 Å². The molecule has 2 aromatic carbocycles. The van der Waals surface area contributed by atoms with Crippen LogP contribution in [0.3, 0.4) is 0 Å². The van der Waals surface area contributed by atoms with E-state index in [1.165, 1.54) is 0 Å². The molecule has 1 saturated heterocycles. The summed E-state index contributed by atoms with van der Waals surface area (Å²) < 4.78 is 37.0. The van der Waals surface area contributed by atoms with Crippen LogP contribution in [0.2, 0.25) is 0 Å². The zero-order valence-corrected chi connectivity index (χ0v) is 13.9. The number of carbonyl (C=O) groups excluding carboxylic acids is 2. The highest BCUT2D eigenvalue weighted by atomic mass is 19.2. The van der Waals surface area contributed by atoms with Gasteiger partial charge in [0.25, 0.3) is 5.91 Å². The summed E-state index contributed by atoms with van der Waals surface area (Å²) in [5.41, 5.74) is 0.333. The fourth-order valence-corrected chi connectivity index (χ4v) is 2.64. The van der Waals surface area contributed by atoms with Gasteiger partial charge in [0, 0.05) is 18.7 Å². The molecule has 1 aliphatic heterocycles. The summed E-state index contributed by atoms with van der Waals surface area (Å²) in [5.74, 6) is -3.50. The molecule has 26 heavy (non-hydrogen) atoms. The van der Waals surface area contributed by atoms with Crippen molar-refractivity contribution < 1.29 is 27.8 Å². The lowest BCUT2D eigenvalue weighted by Crippen LogP contribution is -2.44. The summed E-state index contributed by atoms with van der Waals surface area (Å²) in [6.07, 6.45) is -1.17. The van der Waals surface area contributed by atoms with Crippen LogP contribution in [0.25, 0.3) is 0 Å². The number of nitrogens with zero attached hydrogens (tertiary/aromatic N) is 1. The molecule has 1 aliphatic rings. The van der Waals surface area contributed by atoms with Crippen molar-refractivity contribution in [3.05, 3.63) is 71.3 Å². The quantitative estimate of drug-likeness (QED) is 0.786. The fourth-order valence-electron chi connectivity index (χ4n) is 2.64. The van der Waals surface area contributed by atoms with E-state index in [4.69, 9.17) is 9.47 Å². The van der Waals surface area contributed by atoms with Crippen molar-refractivity contribution in [2.45, 2.75) is 6.10 Å². The Morgan fingerprint density at radius 2 is 1.69 bits per heavy atom. The molecule has 1 heterocycles. The van der Waals surface area contributed by atoms with Gasteiger partial charge in [-0.25, -0.2) is 13.6 Å². The zero-order valence-electron chi connectivity index (χ0n) is 13.9. The summed E-state index contributed by atoms with van der Waals surface area (Å²) in [6.45, 7) is 1.60. The van der Waals surface area contributed by atoms with Crippen LogP contribution in [0, 0.1) is 11.6 Å². The minimum Gasteiger partial charge on any atom is -0.444 e. The number of esters is 1. The van der Waals surface area contributed by atoms with Gasteiger partial charge < -0.3 is 14.4 Å². The van der Waals surface area contributed by atoms with Crippen LogP contribution in [0.1, 0.15) is 22.0 Å². The SMILES string of the molecule is O=C(O[C@H](C(=O)N1CCOCC1)c1ccccc1)c1ccc(F)c(F)c1. The highest BCUT2D eigenvalue weighted by Crippen LogP contribution is 2.23. The van der Waals surface area contributed by atoms with Gasteiger partial charge in [-0.3, -0.25) is 4.79 Å². The third-order valence-electron chi connectivity index (χ3n) is 4.03. The molecule has 0 spiro atoms. The van der Waals surface area contributed by atoms with Gasteiger partial charge in [-0.15, -0.1) is 0 Å². The molecule has 0 saturated carbocycles. The Morgan fingerprint density at radius 1 is 1.00 bits per heavy atom.